The molecule has 3 aromatic rings. The summed E-state index contributed by atoms with van der Waals surface area (Å²) in [5.41, 5.74) is 4.47. The van der Waals surface area contributed by atoms with E-state index >= 15 is 0 Å². The van der Waals surface area contributed by atoms with Gasteiger partial charge in [-0.15, -0.1) is 0 Å². The maximum Gasteiger partial charge on any atom is 0.101 e. The van der Waals surface area contributed by atoms with Gasteiger partial charge in [-0.1, -0.05) is 82.8 Å². The first kappa shape index (κ1) is 16.7. The Balaban J connectivity index is 2.08. The SMILES string of the molecule is Clc1c2ccc(c1Cl)-c1ccc(cc1)-c1ccc(c(Cl)c1Cl)N=C=N2. The van der Waals surface area contributed by atoms with Crippen LogP contribution in [-0.2, 0) is 0 Å². The Hall–Kier alpha value is -1.80. The average molecular weight is 406 g/mol. The second kappa shape index (κ2) is 6.49. The maximum atomic E-state index is 6.42. The van der Waals surface area contributed by atoms with Crippen molar-refractivity contribution in [1.29, 1.82) is 0 Å². The highest BCUT2D eigenvalue weighted by molar-refractivity contribution is 6.46. The lowest BCUT2D eigenvalue weighted by Gasteiger charge is -2.10. The van der Waals surface area contributed by atoms with Crippen molar-refractivity contribution >= 4 is 63.8 Å². The lowest BCUT2D eigenvalue weighted by molar-refractivity contribution is 1.49. The summed E-state index contributed by atoms with van der Waals surface area (Å²) < 4.78 is 0. The van der Waals surface area contributed by atoms with Gasteiger partial charge in [0, 0.05) is 11.1 Å². The standard InChI is InChI=1S/C19H8Cl4N2/c20-16-12-5-7-14(18(16)22)24-9-25-15-8-6-13(17(21)19(15)23)11-2-1-10(12)3-4-11/h1-8H. The van der Waals surface area contributed by atoms with Crippen LogP contribution in [0.25, 0.3) is 22.3 Å². The average Bonchev–Trinajstić information content (AvgIpc) is 2.64. The molecule has 0 amide bonds. The van der Waals surface area contributed by atoms with Crippen molar-refractivity contribution in [3.05, 3.63) is 68.6 Å². The van der Waals surface area contributed by atoms with Crippen molar-refractivity contribution in [1.82, 2.24) is 0 Å². The number of hydrogen-bond acceptors (Lipinski definition) is 2. The molecule has 6 aliphatic rings. The molecule has 3 aromatic carbocycles. The zero-order valence-electron chi connectivity index (χ0n) is 12.5. The molecule has 2 nitrogen and oxygen atoms in total. The van der Waals surface area contributed by atoms with Gasteiger partial charge in [0.25, 0.3) is 0 Å². The van der Waals surface area contributed by atoms with Crippen LogP contribution in [0.3, 0.4) is 0 Å². The Labute approximate surface area is 164 Å². The van der Waals surface area contributed by atoms with E-state index in [1.807, 2.05) is 36.4 Å². The van der Waals surface area contributed by atoms with Crippen molar-refractivity contribution in [2.75, 3.05) is 0 Å². The van der Waals surface area contributed by atoms with E-state index in [0.29, 0.717) is 31.5 Å². The van der Waals surface area contributed by atoms with Crippen molar-refractivity contribution in [2.24, 2.45) is 9.98 Å². The van der Waals surface area contributed by atoms with Gasteiger partial charge in [0.15, 0.2) is 0 Å². The third kappa shape index (κ3) is 2.87. The van der Waals surface area contributed by atoms with Gasteiger partial charge in [-0.05, 0) is 23.3 Å². The van der Waals surface area contributed by atoms with E-state index < -0.39 is 0 Å². The monoisotopic (exact) mass is 404 g/mol. The first-order chi connectivity index (χ1) is 12.1. The Kier molecular flexibility index (Phi) is 4.33. The molecule has 0 aliphatic carbocycles. The smallest absolute Gasteiger partial charge is 0.101 e. The summed E-state index contributed by atoms with van der Waals surface area (Å²) in [6.07, 6.45) is 0. The molecular weight excluding hydrogens is 398 g/mol. The van der Waals surface area contributed by atoms with E-state index in [1.165, 1.54) is 0 Å². The number of hydrogen-bond donors (Lipinski definition) is 0. The molecule has 6 aliphatic heterocycles. The molecule has 0 spiro atoms. The summed E-state index contributed by atoms with van der Waals surface area (Å²) >= 11 is 25.5. The largest absolute Gasteiger partial charge is 0.186 e. The normalized spacial score (nSPS) is 11.8. The third-order valence-corrected chi connectivity index (χ3v) is 5.72. The summed E-state index contributed by atoms with van der Waals surface area (Å²) in [6, 6.07) is 17.7. The highest BCUT2D eigenvalue weighted by Crippen LogP contribution is 2.42. The first-order valence-electron chi connectivity index (χ1n) is 7.29. The van der Waals surface area contributed by atoms with Crippen molar-refractivity contribution in [3.63, 3.8) is 0 Å². The number of benzene rings is 3. The minimum atomic E-state index is 0.347. The summed E-state index contributed by atoms with van der Waals surface area (Å²) in [4.78, 5) is 8.30. The second-order valence-electron chi connectivity index (χ2n) is 5.42. The van der Waals surface area contributed by atoms with Gasteiger partial charge in [-0.25, -0.2) is 0 Å². The number of halogens is 4. The van der Waals surface area contributed by atoms with Crippen LogP contribution in [0.1, 0.15) is 0 Å². The lowest BCUT2D eigenvalue weighted by Crippen LogP contribution is -1.84. The zero-order valence-corrected chi connectivity index (χ0v) is 15.5. The van der Waals surface area contributed by atoms with Crippen LogP contribution in [0.2, 0.25) is 20.1 Å². The molecule has 0 saturated heterocycles. The van der Waals surface area contributed by atoms with Crippen LogP contribution in [0.15, 0.2) is 58.5 Å². The van der Waals surface area contributed by atoms with Crippen LogP contribution < -0.4 is 0 Å². The summed E-state index contributed by atoms with van der Waals surface area (Å²) in [6.45, 7) is 0. The molecule has 122 valence electrons. The van der Waals surface area contributed by atoms with Gasteiger partial charge in [0.2, 0.25) is 0 Å². The Morgan fingerprint density at radius 1 is 0.520 bits per heavy atom. The highest BCUT2D eigenvalue weighted by Gasteiger charge is 2.14. The van der Waals surface area contributed by atoms with E-state index in [-0.39, 0.29) is 0 Å². The molecular formula is C19H8Cl4N2. The van der Waals surface area contributed by atoms with Crippen LogP contribution in [0.4, 0.5) is 11.4 Å². The molecule has 0 N–H and O–H groups in total. The zero-order chi connectivity index (χ0) is 17.6. The second-order valence-corrected chi connectivity index (χ2v) is 6.93. The van der Waals surface area contributed by atoms with Gasteiger partial charge in [-0.3, -0.25) is 0 Å². The molecule has 0 fully saturated rings. The van der Waals surface area contributed by atoms with E-state index in [2.05, 4.69) is 16.0 Å². The van der Waals surface area contributed by atoms with Crippen LogP contribution in [0.5, 0.6) is 0 Å². The van der Waals surface area contributed by atoms with Crippen molar-refractivity contribution < 1.29 is 0 Å². The number of nitrogens with zero attached hydrogens (tertiary/aromatic N) is 2. The van der Waals surface area contributed by atoms with Gasteiger partial charge in [-0.2, -0.15) is 9.98 Å². The van der Waals surface area contributed by atoms with Crippen LogP contribution in [0, 0.1) is 0 Å². The predicted molar refractivity (Wildman–Crippen MR) is 107 cm³/mol. The molecule has 6 heterocycles. The Bertz CT molecular complexity index is 983. The Morgan fingerprint density at radius 3 is 1.32 bits per heavy atom. The lowest BCUT2D eigenvalue weighted by atomic mass is 10.00. The van der Waals surface area contributed by atoms with E-state index in [0.717, 1.165) is 22.3 Å². The van der Waals surface area contributed by atoms with Gasteiger partial charge < -0.3 is 0 Å². The fourth-order valence-corrected chi connectivity index (χ4v) is 3.61. The van der Waals surface area contributed by atoms with Crippen LogP contribution in [-0.4, -0.2) is 6.01 Å². The Morgan fingerprint density at radius 2 is 0.920 bits per heavy atom. The fourth-order valence-electron chi connectivity index (χ4n) is 2.66. The van der Waals surface area contributed by atoms with E-state index in [1.54, 1.807) is 12.1 Å². The van der Waals surface area contributed by atoms with Crippen molar-refractivity contribution in [3.8, 4) is 22.3 Å². The van der Waals surface area contributed by atoms with E-state index in [9.17, 15) is 0 Å². The van der Waals surface area contributed by atoms with Crippen molar-refractivity contribution in [2.45, 2.75) is 0 Å². The minimum Gasteiger partial charge on any atom is -0.186 e. The molecule has 6 heteroatoms. The quantitative estimate of drug-likeness (QED) is 0.282. The molecule has 0 saturated carbocycles. The summed E-state index contributed by atoms with van der Waals surface area (Å²) in [5.74, 6) is 0. The van der Waals surface area contributed by atoms with E-state index in [4.69, 9.17) is 46.4 Å². The highest BCUT2D eigenvalue weighted by atomic mass is 35.5. The molecule has 0 radical (unpaired) electrons. The van der Waals surface area contributed by atoms with Gasteiger partial charge in [0.1, 0.15) is 6.01 Å². The number of rotatable bonds is 0. The minimum absolute atomic E-state index is 0.347. The molecule has 0 unspecified atom stereocenters. The summed E-state index contributed by atoms with van der Waals surface area (Å²) in [5, 5.41) is 1.56. The summed E-state index contributed by atoms with van der Waals surface area (Å²) in [7, 11) is 0. The molecule has 0 atom stereocenters. The molecule has 0 aromatic heterocycles. The molecule has 9 rings (SSSR count). The topological polar surface area (TPSA) is 24.7 Å². The number of aliphatic imine (C=N–C) groups is 2. The maximum absolute atomic E-state index is 6.42. The molecule has 6 bridgehead atoms. The van der Waals surface area contributed by atoms with Crippen LogP contribution >= 0.6 is 46.4 Å². The van der Waals surface area contributed by atoms with Gasteiger partial charge in [0.05, 0.1) is 31.5 Å². The predicted octanol–water partition coefficient (Wildman–Crippen LogP) is 8.08. The fraction of sp³-hybridized carbons (Fsp3) is 0. The molecule has 25 heavy (non-hydrogen) atoms. The first-order valence-corrected chi connectivity index (χ1v) is 8.80. The van der Waals surface area contributed by atoms with Gasteiger partial charge >= 0.3 is 0 Å². The third-order valence-electron chi connectivity index (χ3n) is 3.97.